The van der Waals surface area contributed by atoms with Crippen molar-refractivity contribution in [2.75, 3.05) is 0 Å². The van der Waals surface area contributed by atoms with Gasteiger partial charge in [-0.15, -0.1) is 0 Å². The van der Waals surface area contributed by atoms with Gasteiger partial charge in [0.2, 0.25) is 0 Å². The van der Waals surface area contributed by atoms with E-state index in [1.807, 2.05) is 55.1 Å². The average Bonchev–Trinajstić information content (AvgIpc) is 2.99. The molecule has 116 valence electrons. The molecule has 1 aromatic carbocycles. The van der Waals surface area contributed by atoms with Crippen molar-refractivity contribution in [2.24, 2.45) is 7.05 Å². The van der Waals surface area contributed by atoms with Gasteiger partial charge in [-0.2, -0.15) is 0 Å². The van der Waals surface area contributed by atoms with Gasteiger partial charge in [-0.25, -0.2) is 9.97 Å². The van der Waals surface area contributed by atoms with Crippen molar-refractivity contribution in [1.29, 1.82) is 0 Å². The van der Waals surface area contributed by atoms with E-state index in [9.17, 15) is 4.79 Å². The molecular formula is C17H17N5O. The molecule has 1 N–H and O–H groups in total. The Bertz CT molecular complexity index is 795. The second-order valence-electron chi connectivity index (χ2n) is 5.26. The summed E-state index contributed by atoms with van der Waals surface area (Å²) >= 11 is 0. The number of nitrogens with zero attached hydrogens (tertiary/aromatic N) is 4. The zero-order chi connectivity index (χ0) is 16.2. The highest BCUT2D eigenvalue weighted by Gasteiger charge is 2.21. The van der Waals surface area contributed by atoms with E-state index in [1.54, 1.807) is 12.4 Å². The Morgan fingerprint density at radius 1 is 1.13 bits per heavy atom. The van der Waals surface area contributed by atoms with Gasteiger partial charge in [0, 0.05) is 25.6 Å². The molecule has 6 heteroatoms. The maximum Gasteiger partial charge on any atom is 0.272 e. The summed E-state index contributed by atoms with van der Waals surface area (Å²) in [5, 5.41) is 2.99. The number of benzene rings is 1. The van der Waals surface area contributed by atoms with Gasteiger partial charge in [0.25, 0.3) is 5.91 Å². The van der Waals surface area contributed by atoms with Gasteiger partial charge in [-0.1, -0.05) is 30.3 Å². The third-order valence-electron chi connectivity index (χ3n) is 3.54. The number of carbonyl (C=O) groups excluding carboxylic acids is 1. The third kappa shape index (κ3) is 3.26. The van der Waals surface area contributed by atoms with Gasteiger partial charge in [0.15, 0.2) is 0 Å². The van der Waals surface area contributed by atoms with E-state index < -0.39 is 0 Å². The molecule has 0 saturated heterocycles. The number of imidazole rings is 1. The second-order valence-corrected chi connectivity index (χ2v) is 5.26. The predicted molar refractivity (Wildman–Crippen MR) is 85.7 cm³/mol. The zero-order valence-electron chi connectivity index (χ0n) is 13.0. The van der Waals surface area contributed by atoms with Crippen LogP contribution in [0.3, 0.4) is 0 Å². The summed E-state index contributed by atoms with van der Waals surface area (Å²) in [6.45, 7) is 1.83. The zero-order valence-corrected chi connectivity index (χ0v) is 13.0. The first kappa shape index (κ1) is 14.9. The van der Waals surface area contributed by atoms with E-state index >= 15 is 0 Å². The molecular weight excluding hydrogens is 290 g/mol. The van der Waals surface area contributed by atoms with Crippen LogP contribution in [0.2, 0.25) is 0 Å². The molecule has 2 heterocycles. The standard InChI is InChI=1S/C17H17N5O/c1-12-10-20-14(11-19-12)17(23)21-15(13-6-4-3-5-7-13)16-18-8-9-22(16)2/h3-11,15H,1-2H3,(H,21,23)/t15-/m0/s1. The minimum absolute atomic E-state index is 0.283. The molecule has 0 aliphatic carbocycles. The monoisotopic (exact) mass is 307 g/mol. The molecule has 0 fully saturated rings. The Labute approximate surface area is 134 Å². The Morgan fingerprint density at radius 2 is 1.91 bits per heavy atom. The van der Waals surface area contributed by atoms with Gasteiger partial charge < -0.3 is 9.88 Å². The third-order valence-corrected chi connectivity index (χ3v) is 3.54. The Kier molecular flexibility index (Phi) is 4.14. The van der Waals surface area contributed by atoms with Crippen molar-refractivity contribution in [2.45, 2.75) is 13.0 Å². The first-order valence-corrected chi connectivity index (χ1v) is 7.27. The van der Waals surface area contributed by atoms with Crippen LogP contribution in [0.5, 0.6) is 0 Å². The first-order chi connectivity index (χ1) is 11.1. The van der Waals surface area contributed by atoms with Crippen LogP contribution in [-0.4, -0.2) is 25.4 Å². The van der Waals surface area contributed by atoms with Crippen LogP contribution >= 0.6 is 0 Å². The summed E-state index contributed by atoms with van der Waals surface area (Å²) in [5.41, 5.74) is 2.01. The van der Waals surface area contributed by atoms with Gasteiger partial charge in [0.05, 0.1) is 11.9 Å². The van der Waals surface area contributed by atoms with Crippen LogP contribution in [0.25, 0.3) is 0 Å². The molecule has 1 amide bonds. The van der Waals surface area contributed by atoms with E-state index in [0.717, 1.165) is 17.1 Å². The summed E-state index contributed by atoms with van der Waals surface area (Å²) in [6, 6.07) is 9.37. The lowest BCUT2D eigenvalue weighted by Gasteiger charge is -2.18. The van der Waals surface area contributed by atoms with Crippen LogP contribution in [0.15, 0.2) is 55.1 Å². The second kappa shape index (κ2) is 6.39. The molecule has 23 heavy (non-hydrogen) atoms. The Hall–Kier alpha value is -3.02. The molecule has 0 saturated carbocycles. The molecule has 6 nitrogen and oxygen atoms in total. The van der Waals surface area contributed by atoms with Gasteiger partial charge in [-0.3, -0.25) is 9.78 Å². The van der Waals surface area contributed by atoms with E-state index in [0.29, 0.717) is 0 Å². The van der Waals surface area contributed by atoms with Crippen LogP contribution in [-0.2, 0) is 7.05 Å². The highest BCUT2D eigenvalue weighted by atomic mass is 16.2. The maximum atomic E-state index is 12.5. The highest BCUT2D eigenvalue weighted by molar-refractivity contribution is 5.92. The summed E-state index contributed by atoms with van der Waals surface area (Å²) < 4.78 is 1.89. The number of carbonyl (C=O) groups is 1. The first-order valence-electron chi connectivity index (χ1n) is 7.27. The topological polar surface area (TPSA) is 72.7 Å². The molecule has 3 rings (SSSR count). The van der Waals surface area contributed by atoms with E-state index in [1.165, 1.54) is 6.20 Å². The Morgan fingerprint density at radius 3 is 2.52 bits per heavy atom. The lowest BCUT2D eigenvalue weighted by Crippen LogP contribution is -2.31. The normalized spacial score (nSPS) is 11.9. The van der Waals surface area contributed by atoms with Gasteiger partial charge in [0.1, 0.15) is 17.6 Å². The lowest BCUT2D eigenvalue weighted by atomic mass is 10.1. The molecule has 0 radical (unpaired) electrons. The number of rotatable bonds is 4. The maximum absolute atomic E-state index is 12.5. The molecule has 0 unspecified atom stereocenters. The largest absolute Gasteiger partial charge is 0.337 e. The summed E-state index contributed by atoms with van der Waals surface area (Å²) in [5.74, 6) is 0.471. The number of hydrogen-bond donors (Lipinski definition) is 1. The number of aryl methyl sites for hydroxylation is 2. The van der Waals surface area contributed by atoms with Crippen LogP contribution in [0.4, 0.5) is 0 Å². The molecule has 0 aliphatic rings. The molecule has 1 atom stereocenters. The minimum atomic E-state index is -0.355. The SMILES string of the molecule is Cc1cnc(C(=O)N[C@@H](c2ccccc2)c2nccn2C)cn1. The quantitative estimate of drug-likeness (QED) is 0.800. The van der Waals surface area contributed by atoms with Crippen molar-refractivity contribution >= 4 is 5.91 Å². The number of nitrogens with one attached hydrogen (secondary N) is 1. The van der Waals surface area contributed by atoms with Crippen LogP contribution in [0.1, 0.15) is 33.6 Å². The summed E-state index contributed by atoms with van der Waals surface area (Å²) in [6.07, 6.45) is 6.62. The average molecular weight is 307 g/mol. The molecule has 0 spiro atoms. The molecule has 3 aromatic rings. The molecule has 0 aliphatic heterocycles. The number of amides is 1. The van der Waals surface area contributed by atoms with Crippen LogP contribution < -0.4 is 5.32 Å². The fraction of sp³-hybridized carbons (Fsp3) is 0.176. The van der Waals surface area contributed by atoms with Crippen LogP contribution in [0, 0.1) is 6.92 Å². The van der Waals surface area contributed by atoms with Crippen molar-refractivity contribution in [3.63, 3.8) is 0 Å². The van der Waals surface area contributed by atoms with E-state index in [4.69, 9.17) is 0 Å². The smallest absolute Gasteiger partial charge is 0.272 e. The lowest BCUT2D eigenvalue weighted by molar-refractivity contribution is 0.0935. The summed E-state index contributed by atoms with van der Waals surface area (Å²) in [7, 11) is 1.90. The molecule has 0 bridgehead atoms. The molecule has 2 aromatic heterocycles. The predicted octanol–water partition coefficient (Wildman–Crippen LogP) is 2.04. The highest BCUT2D eigenvalue weighted by Crippen LogP contribution is 2.20. The minimum Gasteiger partial charge on any atom is -0.337 e. The van der Waals surface area contributed by atoms with Crippen molar-refractivity contribution in [1.82, 2.24) is 24.8 Å². The number of aromatic nitrogens is 4. The van der Waals surface area contributed by atoms with E-state index in [2.05, 4.69) is 20.3 Å². The van der Waals surface area contributed by atoms with Gasteiger partial charge >= 0.3 is 0 Å². The van der Waals surface area contributed by atoms with E-state index in [-0.39, 0.29) is 17.6 Å². The fourth-order valence-corrected chi connectivity index (χ4v) is 2.31. The number of hydrogen-bond acceptors (Lipinski definition) is 4. The van der Waals surface area contributed by atoms with Crippen molar-refractivity contribution < 1.29 is 4.79 Å². The Balaban J connectivity index is 1.92. The van der Waals surface area contributed by atoms with Crippen molar-refractivity contribution in [3.8, 4) is 0 Å². The summed E-state index contributed by atoms with van der Waals surface area (Å²) in [4.78, 5) is 25.1. The fourth-order valence-electron chi connectivity index (χ4n) is 2.31. The van der Waals surface area contributed by atoms with Crippen molar-refractivity contribution in [3.05, 3.63) is 77.9 Å². The van der Waals surface area contributed by atoms with Gasteiger partial charge in [-0.05, 0) is 12.5 Å².